The summed E-state index contributed by atoms with van der Waals surface area (Å²) in [5.74, 6) is 1.83. The van der Waals surface area contributed by atoms with Gasteiger partial charge in [0.05, 0.1) is 11.0 Å². The zero-order valence-electron chi connectivity index (χ0n) is 14.2. The van der Waals surface area contributed by atoms with Gasteiger partial charge in [-0.2, -0.15) is 0 Å². The monoisotopic (exact) mass is 327 g/mol. The smallest absolute Gasteiger partial charge is 0.166 e. The molecule has 1 N–H and O–H groups in total. The van der Waals surface area contributed by atoms with Crippen LogP contribution in [-0.2, 0) is 0 Å². The molecule has 122 valence electrons. The highest BCUT2D eigenvalue weighted by Crippen LogP contribution is 2.63. The van der Waals surface area contributed by atoms with Gasteiger partial charge >= 0.3 is 0 Å². The van der Waals surface area contributed by atoms with E-state index in [9.17, 15) is 0 Å². The number of H-pyrrole nitrogens is 1. The van der Waals surface area contributed by atoms with Crippen LogP contribution in [0.4, 0.5) is 0 Å². The van der Waals surface area contributed by atoms with Crippen molar-refractivity contribution in [2.45, 2.75) is 45.2 Å². The number of nitrogens with one attached hydrogen (secondary N) is 1. The lowest BCUT2D eigenvalue weighted by molar-refractivity contribution is 0.194. The number of para-hydroxylation sites is 2. The lowest BCUT2D eigenvalue weighted by Crippen LogP contribution is -2.32. The molecule has 0 amide bonds. The molecule has 0 aliphatic heterocycles. The SMILES string of the molecule is CC1(C)[C@@H]2CC[C@@]1(C)C(=NCCSc1nc3ccccc3[nH]1)C2. The minimum absolute atomic E-state index is 0.335. The molecule has 0 unspecified atom stereocenters. The van der Waals surface area contributed by atoms with Gasteiger partial charge in [-0.3, -0.25) is 4.99 Å². The molecular formula is C19H25N3S. The van der Waals surface area contributed by atoms with E-state index in [0.717, 1.165) is 34.4 Å². The Balaban J connectivity index is 1.39. The van der Waals surface area contributed by atoms with Gasteiger partial charge < -0.3 is 4.98 Å². The maximum Gasteiger partial charge on any atom is 0.166 e. The number of rotatable bonds is 4. The van der Waals surface area contributed by atoms with Crippen LogP contribution in [0.3, 0.4) is 0 Å². The van der Waals surface area contributed by atoms with Crippen molar-refractivity contribution in [3.63, 3.8) is 0 Å². The topological polar surface area (TPSA) is 41.0 Å². The van der Waals surface area contributed by atoms with Crippen molar-refractivity contribution in [3.05, 3.63) is 24.3 Å². The molecule has 4 heteroatoms. The molecule has 4 rings (SSSR count). The van der Waals surface area contributed by atoms with E-state index in [0.29, 0.717) is 10.8 Å². The summed E-state index contributed by atoms with van der Waals surface area (Å²) in [4.78, 5) is 13.0. The minimum Gasteiger partial charge on any atom is -0.333 e. The fourth-order valence-corrected chi connectivity index (χ4v) is 5.21. The molecule has 0 radical (unpaired) electrons. The van der Waals surface area contributed by atoms with E-state index in [1.54, 1.807) is 11.8 Å². The second-order valence-electron chi connectivity index (χ2n) is 7.73. The number of hydrogen-bond donors (Lipinski definition) is 1. The molecule has 1 aromatic heterocycles. The van der Waals surface area contributed by atoms with Crippen molar-refractivity contribution in [1.29, 1.82) is 0 Å². The average molecular weight is 327 g/mol. The van der Waals surface area contributed by atoms with Crippen LogP contribution in [0.15, 0.2) is 34.4 Å². The van der Waals surface area contributed by atoms with Crippen molar-refractivity contribution < 1.29 is 0 Å². The predicted octanol–water partition coefficient (Wildman–Crippen LogP) is 4.94. The van der Waals surface area contributed by atoms with Crippen LogP contribution in [0.1, 0.15) is 40.0 Å². The Morgan fingerprint density at radius 1 is 1.30 bits per heavy atom. The van der Waals surface area contributed by atoms with Crippen LogP contribution in [0.5, 0.6) is 0 Å². The normalized spacial score (nSPS) is 30.6. The second-order valence-corrected chi connectivity index (χ2v) is 8.81. The van der Waals surface area contributed by atoms with Gasteiger partial charge in [0.15, 0.2) is 5.16 Å². The molecule has 0 saturated heterocycles. The third-order valence-corrected chi connectivity index (χ3v) is 7.37. The molecule has 2 aromatic rings. The average Bonchev–Trinajstić information content (AvgIpc) is 3.09. The van der Waals surface area contributed by atoms with E-state index >= 15 is 0 Å². The maximum absolute atomic E-state index is 5.00. The first kappa shape index (κ1) is 15.3. The number of benzene rings is 1. The van der Waals surface area contributed by atoms with Crippen LogP contribution in [0.2, 0.25) is 0 Å². The van der Waals surface area contributed by atoms with E-state index in [-0.39, 0.29) is 0 Å². The molecule has 23 heavy (non-hydrogen) atoms. The number of hydrogen-bond acceptors (Lipinski definition) is 3. The minimum atomic E-state index is 0.335. The molecule has 2 fully saturated rings. The molecule has 2 bridgehead atoms. The van der Waals surface area contributed by atoms with Crippen molar-refractivity contribution in [2.75, 3.05) is 12.3 Å². The molecule has 2 aliphatic rings. The summed E-state index contributed by atoms with van der Waals surface area (Å²) in [6, 6.07) is 8.19. The van der Waals surface area contributed by atoms with Gasteiger partial charge in [0.2, 0.25) is 0 Å². The number of aliphatic imine (C=N–C) groups is 1. The fourth-order valence-electron chi connectivity index (χ4n) is 4.49. The first-order valence-electron chi connectivity index (χ1n) is 8.62. The zero-order chi connectivity index (χ0) is 16.1. The third kappa shape index (κ3) is 2.34. The highest BCUT2D eigenvalue weighted by Gasteiger charge is 2.59. The second kappa shape index (κ2) is 5.37. The van der Waals surface area contributed by atoms with Crippen LogP contribution in [-0.4, -0.2) is 28.0 Å². The van der Waals surface area contributed by atoms with Gasteiger partial charge in [-0.15, -0.1) is 0 Å². The third-order valence-electron chi connectivity index (χ3n) is 6.51. The highest BCUT2D eigenvalue weighted by atomic mass is 32.2. The fraction of sp³-hybridized carbons (Fsp3) is 0.579. The van der Waals surface area contributed by atoms with E-state index in [2.05, 4.69) is 36.8 Å². The van der Waals surface area contributed by atoms with Crippen molar-refractivity contribution in [1.82, 2.24) is 9.97 Å². The lowest BCUT2D eigenvalue weighted by Gasteiger charge is -2.34. The Hall–Kier alpha value is -1.29. The molecule has 0 spiro atoms. The van der Waals surface area contributed by atoms with Gasteiger partial charge in [-0.05, 0) is 42.7 Å². The van der Waals surface area contributed by atoms with Crippen molar-refractivity contribution in [2.24, 2.45) is 21.7 Å². The van der Waals surface area contributed by atoms with Crippen LogP contribution in [0.25, 0.3) is 11.0 Å². The number of fused-ring (bicyclic) bond motifs is 3. The molecule has 2 saturated carbocycles. The number of imidazole rings is 1. The van der Waals surface area contributed by atoms with Gasteiger partial charge in [0.1, 0.15) is 0 Å². The van der Waals surface area contributed by atoms with Crippen LogP contribution >= 0.6 is 11.8 Å². The largest absolute Gasteiger partial charge is 0.333 e. The van der Waals surface area contributed by atoms with Gasteiger partial charge in [0.25, 0.3) is 0 Å². The van der Waals surface area contributed by atoms with Crippen LogP contribution < -0.4 is 0 Å². The van der Waals surface area contributed by atoms with Gasteiger partial charge in [0, 0.05) is 23.4 Å². The Morgan fingerprint density at radius 2 is 2.13 bits per heavy atom. The van der Waals surface area contributed by atoms with E-state index in [1.165, 1.54) is 25.0 Å². The number of nitrogens with zero attached hydrogens (tertiary/aromatic N) is 2. The Bertz CT molecular complexity index is 728. The first-order chi connectivity index (χ1) is 11.0. The van der Waals surface area contributed by atoms with Crippen molar-refractivity contribution in [3.8, 4) is 0 Å². The molecule has 1 aromatic carbocycles. The van der Waals surface area contributed by atoms with E-state index in [1.807, 2.05) is 18.2 Å². The highest BCUT2D eigenvalue weighted by molar-refractivity contribution is 7.99. The molecule has 2 atom stereocenters. The first-order valence-corrected chi connectivity index (χ1v) is 9.61. The summed E-state index contributed by atoms with van der Waals surface area (Å²) in [6.07, 6.45) is 3.93. The standard InChI is InChI=1S/C19H25N3S/c1-18(2)13-8-9-19(18,3)16(12-13)20-10-11-23-17-21-14-6-4-5-7-15(14)22-17/h4-7,13H,8-12H2,1-3H3,(H,21,22)/t13-,19+/m1/s1. The molecule has 2 aliphatic carbocycles. The summed E-state index contributed by atoms with van der Waals surface area (Å²) < 4.78 is 0. The summed E-state index contributed by atoms with van der Waals surface area (Å²) in [5, 5.41) is 1.01. The maximum atomic E-state index is 5.00. The van der Waals surface area contributed by atoms with Crippen LogP contribution in [0, 0.1) is 16.7 Å². The summed E-state index contributed by atoms with van der Waals surface area (Å²) in [5.41, 5.74) is 4.40. The number of thioether (sulfide) groups is 1. The van der Waals surface area contributed by atoms with Crippen molar-refractivity contribution >= 4 is 28.5 Å². The summed E-state index contributed by atoms with van der Waals surface area (Å²) in [7, 11) is 0. The lowest BCUT2D eigenvalue weighted by atomic mass is 9.70. The van der Waals surface area contributed by atoms with Gasteiger partial charge in [-0.1, -0.05) is 44.7 Å². The summed E-state index contributed by atoms with van der Waals surface area (Å²) in [6.45, 7) is 8.22. The number of aromatic nitrogens is 2. The summed E-state index contributed by atoms with van der Waals surface area (Å²) >= 11 is 1.77. The Labute approximate surface area is 142 Å². The quantitative estimate of drug-likeness (QED) is 0.638. The van der Waals surface area contributed by atoms with E-state index in [4.69, 9.17) is 4.99 Å². The molecule has 3 nitrogen and oxygen atoms in total. The Morgan fingerprint density at radius 3 is 2.83 bits per heavy atom. The van der Waals surface area contributed by atoms with Gasteiger partial charge in [-0.25, -0.2) is 4.98 Å². The number of aromatic amines is 1. The molecule has 1 heterocycles. The molecular weight excluding hydrogens is 302 g/mol. The zero-order valence-corrected chi connectivity index (χ0v) is 15.0. The predicted molar refractivity (Wildman–Crippen MR) is 98.3 cm³/mol. The Kier molecular flexibility index (Phi) is 3.56. The van der Waals surface area contributed by atoms with E-state index < -0.39 is 0 Å².